The first-order valence-electron chi connectivity index (χ1n) is 5.79. The van der Waals surface area contributed by atoms with Crippen LogP contribution in [0.2, 0.25) is 0 Å². The molecular formula is C14H16BrNOS. The molecule has 0 bridgehead atoms. The highest BCUT2D eigenvalue weighted by Gasteiger charge is 2.05. The van der Waals surface area contributed by atoms with E-state index < -0.39 is 0 Å². The van der Waals surface area contributed by atoms with Crippen molar-refractivity contribution in [1.29, 1.82) is 0 Å². The van der Waals surface area contributed by atoms with Gasteiger partial charge in [0.05, 0.1) is 3.79 Å². The Kier molecular flexibility index (Phi) is 4.43. The fraction of sp³-hybridized carbons (Fsp3) is 0.286. The average Bonchev–Trinajstić information content (AvgIpc) is 2.73. The van der Waals surface area contributed by atoms with Gasteiger partial charge in [0.2, 0.25) is 0 Å². The lowest BCUT2D eigenvalue weighted by Crippen LogP contribution is -2.05. The van der Waals surface area contributed by atoms with Crippen molar-refractivity contribution in [2.45, 2.75) is 26.5 Å². The van der Waals surface area contributed by atoms with E-state index in [-0.39, 0.29) is 6.04 Å². The van der Waals surface area contributed by atoms with Gasteiger partial charge in [-0.25, -0.2) is 0 Å². The van der Waals surface area contributed by atoms with E-state index in [0.717, 1.165) is 20.7 Å². The minimum absolute atomic E-state index is 0.0611. The molecule has 0 aliphatic carbocycles. The monoisotopic (exact) mass is 325 g/mol. The van der Waals surface area contributed by atoms with E-state index in [1.165, 1.54) is 4.88 Å². The second-order valence-corrected chi connectivity index (χ2v) is 6.86. The second kappa shape index (κ2) is 5.87. The number of halogens is 1. The lowest BCUT2D eigenvalue weighted by Gasteiger charge is -2.11. The zero-order valence-corrected chi connectivity index (χ0v) is 12.8. The minimum Gasteiger partial charge on any atom is -0.488 e. The summed E-state index contributed by atoms with van der Waals surface area (Å²) in [5, 5.41) is 0. The summed E-state index contributed by atoms with van der Waals surface area (Å²) < 4.78 is 6.95. The first kappa shape index (κ1) is 13.6. The molecule has 96 valence electrons. The molecule has 4 heteroatoms. The summed E-state index contributed by atoms with van der Waals surface area (Å²) >= 11 is 5.14. The highest BCUT2D eigenvalue weighted by Crippen LogP contribution is 2.26. The number of thiophene rings is 1. The first-order valence-corrected chi connectivity index (χ1v) is 7.40. The highest BCUT2D eigenvalue weighted by molar-refractivity contribution is 9.11. The lowest BCUT2D eigenvalue weighted by molar-refractivity contribution is 0.307. The number of ether oxygens (including phenoxy) is 1. The van der Waals surface area contributed by atoms with Crippen LogP contribution in [0.5, 0.6) is 5.75 Å². The summed E-state index contributed by atoms with van der Waals surface area (Å²) in [6.07, 6.45) is 0. The predicted octanol–water partition coefficient (Wildman–Crippen LogP) is 4.42. The summed E-state index contributed by atoms with van der Waals surface area (Å²) in [5.41, 5.74) is 8.12. The molecule has 0 spiro atoms. The van der Waals surface area contributed by atoms with Crippen LogP contribution >= 0.6 is 27.3 Å². The van der Waals surface area contributed by atoms with Gasteiger partial charge >= 0.3 is 0 Å². The fourth-order valence-electron chi connectivity index (χ4n) is 1.70. The van der Waals surface area contributed by atoms with E-state index in [1.54, 1.807) is 11.3 Å². The number of nitrogens with two attached hydrogens (primary N) is 1. The lowest BCUT2D eigenvalue weighted by atomic mass is 10.1. The largest absolute Gasteiger partial charge is 0.488 e. The van der Waals surface area contributed by atoms with Gasteiger partial charge in [-0.05, 0) is 59.1 Å². The molecule has 2 nitrogen and oxygen atoms in total. The summed E-state index contributed by atoms with van der Waals surface area (Å²) in [4.78, 5) is 1.21. The van der Waals surface area contributed by atoms with Crippen molar-refractivity contribution in [2.75, 3.05) is 0 Å². The van der Waals surface area contributed by atoms with E-state index in [4.69, 9.17) is 10.5 Å². The van der Waals surface area contributed by atoms with Crippen LogP contribution < -0.4 is 10.5 Å². The third-order valence-electron chi connectivity index (χ3n) is 2.72. The Hall–Kier alpha value is -0.840. The van der Waals surface area contributed by atoms with E-state index in [1.807, 2.05) is 32.0 Å². The van der Waals surface area contributed by atoms with Crippen molar-refractivity contribution in [3.63, 3.8) is 0 Å². The molecule has 0 saturated heterocycles. The van der Waals surface area contributed by atoms with Gasteiger partial charge in [0.1, 0.15) is 12.4 Å². The van der Waals surface area contributed by atoms with Crippen molar-refractivity contribution < 1.29 is 4.74 Å². The molecule has 0 aliphatic heterocycles. The molecule has 0 saturated carbocycles. The Morgan fingerprint density at radius 1 is 1.33 bits per heavy atom. The van der Waals surface area contributed by atoms with E-state index >= 15 is 0 Å². The third kappa shape index (κ3) is 3.34. The van der Waals surface area contributed by atoms with Gasteiger partial charge in [0.15, 0.2) is 0 Å². The van der Waals surface area contributed by atoms with E-state index in [0.29, 0.717) is 6.61 Å². The molecule has 0 aliphatic rings. The fourth-order valence-corrected chi connectivity index (χ4v) is 3.09. The van der Waals surface area contributed by atoms with Gasteiger partial charge in [-0.3, -0.25) is 0 Å². The maximum atomic E-state index is 5.86. The Bertz CT molecular complexity index is 536. The quantitative estimate of drug-likeness (QED) is 0.903. The molecule has 2 rings (SSSR count). The molecular weight excluding hydrogens is 310 g/mol. The Morgan fingerprint density at radius 3 is 2.67 bits per heavy atom. The van der Waals surface area contributed by atoms with Crippen LogP contribution in [0, 0.1) is 6.92 Å². The van der Waals surface area contributed by atoms with Crippen LogP contribution in [0.15, 0.2) is 34.1 Å². The summed E-state index contributed by atoms with van der Waals surface area (Å²) in [6, 6.07) is 10.3. The van der Waals surface area contributed by atoms with Crippen LogP contribution in [-0.4, -0.2) is 0 Å². The number of benzene rings is 1. The molecule has 0 radical (unpaired) electrons. The van der Waals surface area contributed by atoms with Crippen LogP contribution in [0.25, 0.3) is 0 Å². The van der Waals surface area contributed by atoms with E-state index in [2.05, 4.69) is 28.1 Å². The van der Waals surface area contributed by atoms with Crippen molar-refractivity contribution in [3.05, 3.63) is 50.1 Å². The Labute approximate surface area is 120 Å². The molecule has 1 atom stereocenters. The maximum absolute atomic E-state index is 5.86. The molecule has 2 aromatic rings. The van der Waals surface area contributed by atoms with Gasteiger partial charge in [0, 0.05) is 10.9 Å². The number of hydrogen-bond donors (Lipinski definition) is 1. The van der Waals surface area contributed by atoms with Gasteiger partial charge in [-0.2, -0.15) is 0 Å². The normalized spacial score (nSPS) is 12.4. The highest BCUT2D eigenvalue weighted by atomic mass is 79.9. The van der Waals surface area contributed by atoms with Gasteiger partial charge < -0.3 is 10.5 Å². The van der Waals surface area contributed by atoms with Crippen molar-refractivity contribution in [3.8, 4) is 5.75 Å². The van der Waals surface area contributed by atoms with E-state index in [9.17, 15) is 0 Å². The first-order chi connectivity index (χ1) is 8.56. The molecule has 1 heterocycles. The van der Waals surface area contributed by atoms with Gasteiger partial charge in [0.25, 0.3) is 0 Å². The Morgan fingerprint density at radius 2 is 2.11 bits per heavy atom. The van der Waals surface area contributed by atoms with Crippen LogP contribution in [-0.2, 0) is 6.61 Å². The zero-order valence-electron chi connectivity index (χ0n) is 10.4. The third-order valence-corrected chi connectivity index (χ3v) is 4.32. The van der Waals surface area contributed by atoms with Crippen molar-refractivity contribution >= 4 is 27.3 Å². The molecule has 0 unspecified atom stereocenters. The number of rotatable bonds is 4. The SMILES string of the molecule is Cc1cc([C@H](C)N)ccc1OCc1ccc(Br)s1. The number of aryl methyl sites for hydroxylation is 1. The van der Waals surface area contributed by atoms with Crippen molar-refractivity contribution in [2.24, 2.45) is 5.73 Å². The van der Waals surface area contributed by atoms with Crippen LogP contribution in [0.1, 0.15) is 29.0 Å². The molecule has 0 fully saturated rings. The standard InChI is InChI=1S/C14H16BrNOS/c1-9-7-11(10(2)16)3-5-13(9)17-8-12-4-6-14(15)18-12/h3-7,10H,8,16H2,1-2H3/t10-/m0/s1. The molecule has 0 amide bonds. The van der Waals surface area contributed by atoms with Crippen LogP contribution in [0.3, 0.4) is 0 Å². The van der Waals surface area contributed by atoms with Gasteiger partial charge in [-0.15, -0.1) is 11.3 Å². The van der Waals surface area contributed by atoms with Crippen LogP contribution in [0.4, 0.5) is 0 Å². The smallest absolute Gasteiger partial charge is 0.122 e. The molecule has 2 N–H and O–H groups in total. The minimum atomic E-state index is 0.0611. The molecule has 18 heavy (non-hydrogen) atoms. The van der Waals surface area contributed by atoms with Crippen molar-refractivity contribution in [1.82, 2.24) is 0 Å². The average molecular weight is 326 g/mol. The Balaban J connectivity index is 2.05. The maximum Gasteiger partial charge on any atom is 0.122 e. The molecule has 1 aromatic carbocycles. The summed E-state index contributed by atoms with van der Waals surface area (Å²) in [5.74, 6) is 0.920. The summed E-state index contributed by atoms with van der Waals surface area (Å²) in [7, 11) is 0. The number of hydrogen-bond acceptors (Lipinski definition) is 3. The molecule has 1 aromatic heterocycles. The topological polar surface area (TPSA) is 35.2 Å². The van der Waals surface area contributed by atoms with Gasteiger partial charge in [-0.1, -0.05) is 12.1 Å². The zero-order chi connectivity index (χ0) is 13.1. The summed E-state index contributed by atoms with van der Waals surface area (Å²) in [6.45, 7) is 4.64. The predicted molar refractivity (Wildman–Crippen MR) is 80.1 cm³/mol. The second-order valence-electron chi connectivity index (χ2n) is 4.31.